The summed E-state index contributed by atoms with van der Waals surface area (Å²) in [6, 6.07) is 9.21. The molecule has 1 aromatic rings. The van der Waals surface area contributed by atoms with Crippen LogP contribution in [-0.2, 0) is 4.79 Å². The Labute approximate surface area is 145 Å². The van der Waals surface area contributed by atoms with Crippen LogP contribution in [0.3, 0.4) is 0 Å². The van der Waals surface area contributed by atoms with E-state index in [-0.39, 0.29) is 11.8 Å². The smallest absolute Gasteiger partial charge is 0.223 e. The highest BCUT2D eigenvalue weighted by Gasteiger charge is 2.33. The fraction of sp³-hybridized carbons (Fsp3) is 0.632. The van der Waals surface area contributed by atoms with Gasteiger partial charge >= 0.3 is 0 Å². The summed E-state index contributed by atoms with van der Waals surface area (Å²) in [6.45, 7) is 5.51. The summed E-state index contributed by atoms with van der Waals surface area (Å²) in [4.78, 5) is 17.4. The van der Waals surface area contributed by atoms with Crippen molar-refractivity contribution in [2.24, 2.45) is 5.92 Å². The summed E-state index contributed by atoms with van der Waals surface area (Å²) < 4.78 is 0. The molecule has 0 radical (unpaired) electrons. The largest absolute Gasteiger partial charge is 0.378 e. The maximum atomic E-state index is 12.1. The average molecular weight is 332 g/mol. The molecule has 0 spiro atoms. The Kier molecular flexibility index (Phi) is 5.41. The maximum Gasteiger partial charge on any atom is 0.223 e. The van der Waals surface area contributed by atoms with E-state index in [0.717, 1.165) is 19.4 Å². The van der Waals surface area contributed by atoms with Gasteiger partial charge in [-0.1, -0.05) is 12.1 Å². The molecule has 2 aliphatic rings. The molecule has 3 N–H and O–H groups in total. The van der Waals surface area contributed by atoms with Crippen molar-refractivity contribution in [3.63, 3.8) is 0 Å². The van der Waals surface area contributed by atoms with E-state index in [4.69, 9.17) is 0 Å². The average Bonchev–Trinajstić information content (AvgIpc) is 3.42. The van der Waals surface area contributed by atoms with Crippen molar-refractivity contribution in [2.45, 2.75) is 18.9 Å². The van der Waals surface area contributed by atoms with E-state index in [9.17, 15) is 4.79 Å². The van der Waals surface area contributed by atoms with E-state index in [1.165, 1.54) is 37.4 Å². The molecule has 0 aromatic heterocycles. The van der Waals surface area contributed by atoms with Gasteiger partial charge in [0.15, 0.2) is 0 Å². The van der Waals surface area contributed by atoms with Crippen molar-refractivity contribution in [1.82, 2.24) is 5.32 Å². The molecular formula is C19H32N4O+2. The van der Waals surface area contributed by atoms with Gasteiger partial charge in [0.2, 0.25) is 5.91 Å². The molecule has 132 valence electrons. The number of hydrogen-bond acceptors (Lipinski definition) is 2. The highest BCUT2D eigenvalue weighted by molar-refractivity contribution is 5.80. The minimum atomic E-state index is 0.254. The van der Waals surface area contributed by atoms with Gasteiger partial charge < -0.3 is 20.0 Å². The van der Waals surface area contributed by atoms with Crippen LogP contribution in [0.15, 0.2) is 24.3 Å². The molecule has 2 fully saturated rings. The second-order valence-corrected chi connectivity index (χ2v) is 7.67. The third-order valence-electron chi connectivity index (χ3n) is 5.48. The van der Waals surface area contributed by atoms with Crippen LogP contribution in [0, 0.1) is 5.92 Å². The van der Waals surface area contributed by atoms with Crippen LogP contribution in [0.4, 0.5) is 5.69 Å². The Balaban J connectivity index is 1.71. The number of amides is 1. The molecule has 3 rings (SSSR count). The highest BCUT2D eigenvalue weighted by atomic mass is 16.2. The standard InChI is InChI=1S/C19H30N4O/c1-21(2)17-8-6-15(7-9-17)18(14-20-19(24)16-4-5-16)23-12-10-22(3)11-13-23/h6-9,16,18H,4-5,10-14H2,1-3H3,(H,20,24)/p+2/t18-/m1/s1. The van der Waals surface area contributed by atoms with Crippen molar-refractivity contribution in [3.8, 4) is 0 Å². The fourth-order valence-corrected chi connectivity index (χ4v) is 3.54. The molecule has 1 atom stereocenters. The highest BCUT2D eigenvalue weighted by Crippen LogP contribution is 2.28. The van der Waals surface area contributed by atoms with Crippen LogP contribution in [0.5, 0.6) is 0 Å². The molecule has 0 unspecified atom stereocenters. The number of piperazine rings is 1. The first-order valence-corrected chi connectivity index (χ1v) is 9.25. The Morgan fingerprint density at radius 2 is 1.79 bits per heavy atom. The molecule has 1 aliphatic carbocycles. The lowest BCUT2D eigenvalue weighted by Gasteiger charge is -2.33. The Bertz CT molecular complexity index is 545. The van der Waals surface area contributed by atoms with Gasteiger partial charge in [-0.05, 0) is 25.0 Å². The van der Waals surface area contributed by atoms with Gasteiger partial charge in [0, 0.05) is 31.3 Å². The quantitative estimate of drug-likeness (QED) is 0.608. The van der Waals surface area contributed by atoms with E-state index >= 15 is 0 Å². The maximum absolute atomic E-state index is 12.1. The van der Waals surface area contributed by atoms with E-state index in [1.54, 1.807) is 9.80 Å². The number of hydrogen-bond donors (Lipinski definition) is 3. The molecular weight excluding hydrogens is 300 g/mol. The van der Waals surface area contributed by atoms with Crippen LogP contribution in [0.2, 0.25) is 0 Å². The molecule has 1 saturated carbocycles. The number of nitrogens with one attached hydrogen (secondary N) is 3. The van der Waals surface area contributed by atoms with E-state index in [0.29, 0.717) is 6.04 Å². The van der Waals surface area contributed by atoms with Crippen molar-refractivity contribution in [1.29, 1.82) is 0 Å². The second kappa shape index (κ2) is 7.53. The van der Waals surface area contributed by atoms with Crippen LogP contribution >= 0.6 is 0 Å². The monoisotopic (exact) mass is 332 g/mol. The first-order chi connectivity index (χ1) is 11.5. The first kappa shape index (κ1) is 17.2. The molecule has 1 amide bonds. The minimum Gasteiger partial charge on any atom is -0.378 e. The molecule has 24 heavy (non-hydrogen) atoms. The summed E-state index contributed by atoms with van der Waals surface area (Å²) in [7, 11) is 6.40. The van der Waals surface area contributed by atoms with E-state index in [2.05, 4.69) is 55.6 Å². The fourth-order valence-electron chi connectivity index (χ4n) is 3.54. The zero-order chi connectivity index (χ0) is 17.1. The van der Waals surface area contributed by atoms with Crippen molar-refractivity contribution in [2.75, 3.05) is 58.8 Å². The zero-order valence-corrected chi connectivity index (χ0v) is 15.3. The summed E-state index contributed by atoms with van der Waals surface area (Å²) in [6.07, 6.45) is 2.14. The lowest BCUT2D eigenvalue weighted by Crippen LogP contribution is -3.27. The molecule has 1 saturated heterocycles. The zero-order valence-electron chi connectivity index (χ0n) is 15.3. The summed E-state index contributed by atoms with van der Waals surface area (Å²) >= 11 is 0. The van der Waals surface area contributed by atoms with Crippen LogP contribution < -0.4 is 20.0 Å². The minimum absolute atomic E-state index is 0.254. The lowest BCUT2D eigenvalue weighted by atomic mass is 10.0. The Morgan fingerprint density at radius 1 is 1.17 bits per heavy atom. The molecule has 5 nitrogen and oxygen atoms in total. The summed E-state index contributed by atoms with van der Waals surface area (Å²) in [5.41, 5.74) is 2.56. The number of nitrogens with zero attached hydrogens (tertiary/aromatic N) is 1. The normalized spacial score (nSPS) is 25.1. The van der Waals surface area contributed by atoms with Crippen LogP contribution in [-0.4, -0.2) is 59.8 Å². The van der Waals surface area contributed by atoms with Crippen molar-refractivity contribution < 1.29 is 14.6 Å². The predicted molar refractivity (Wildman–Crippen MR) is 96.6 cm³/mol. The number of quaternary nitrogens is 2. The molecule has 1 aromatic carbocycles. The third kappa shape index (κ3) is 4.28. The SMILES string of the molecule is CN(C)c1ccc([C@@H](CNC(=O)C2CC2)[NH+]2CC[NH+](C)CC2)cc1. The van der Waals surface area contributed by atoms with Crippen molar-refractivity contribution in [3.05, 3.63) is 29.8 Å². The van der Waals surface area contributed by atoms with Crippen LogP contribution in [0.1, 0.15) is 24.4 Å². The predicted octanol–water partition coefficient (Wildman–Crippen LogP) is -1.27. The van der Waals surface area contributed by atoms with E-state index in [1.807, 2.05) is 0 Å². The second-order valence-electron chi connectivity index (χ2n) is 7.67. The number of anilines is 1. The Hall–Kier alpha value is -1.59. The van der Waals surface area contributed by atoms with Gasteiger partial charge in [0.05, 0.1) is 13.6 Å². The van der Waals surface area contributed by atoms with E-state index < -0.39 is 0 Å². The van der Waals surface area contributed by atoms with Gasteiger partial charge in [-0.25, -0.2) is 0 Å². The number of rotatable bonds is 6. The van der Waals surface area contributed by atoms with Gasteiger partial charge in [-0.3, -0.25) is 4.79 Å². The molecule has 1 heterocycles. The van der Waals surface area contributed by atoms with Crippen molar-refractivity contribution >= 4 is 11.6 Å². The summed E-state index contributed by atoms with van der Waals surface area (Å²) in [5, 5.41) is 3.21. The topological polar surface area (TPSA) is 41.2 Å². The van der Waals surface area contributed by atoms with Gasteiger partial charge in [0.1, 0.15) is 32.2 Å². The molecule has 5 heteroatoms. The molecule has 0 bridgehead atoms. The number of carbonyl (C=O) groups excluding carboxylic acids is 1. The summed E-state index contributed by atoms with van der Waals surface area (Å²) in [5.74, 6) is 0.540. The van der Waals surface area contributed by atoms with Gasteiger partial charge in [-0.15, -0.1) is 0 Å². The van der Waals surface area contributed by atoms with Gasteiger partial charge in [-0.2, -0.15) is 0 Å². The first-order valence-electron chi connectivity index (χ1n) is 9.25. The number of likely N-dealkylation sites (N-methyl/N-ethyl adjacent to an activating group) is 1. The lowest BCUT2D eigenvalue weighted by molar-refractivity contribution is -1.02. The van der Waals surface area contributed by atoms with Gasteiger partial charge in [0.25, 0.3) is 0 Å². The third-order valence-corrected chi connectivity index (χ3v) is 5.48. The van der Waals surface area contributed by atoms with Crippen LogP contribution in [0.25, 0.3) is 0 Å². The molecule has 1 aliphatic heterocycles. The number of benzene rings is 1. The number of carbonyl (C=O) groups is 1. The Morgan fingerprint density at radius 3 is 2.33 bits per heavy atom.